The topological polar surface area (TPSA) is 130 Å². The van der Waals surface area contributed by atoms with Crippen molar-refractivity contribution in [3.8, 4) is 0 Å². The Kier molecular flexibility index (Phi) is 2.91. The summed E-state index contributed by atoms with van der Waals surface area (Å²) in [6.45, 7) is 0. The molecule has 2 aromatic rings. The van der Waals surface area contributed by atoms with Crippen LogP contribution in [0.5, 0.6) is 0 Å². The summed E-state index contributed by atoms with van der Waals surface area (Å²) in [7, 11) is 0. The van der Waals surface area contributed by atoms with Crippen LogP contribution in [0.2, 0.25) is 0 Å². The minimum absolute atomic E-state index is 0.285. The number of aliphatic hydroxyl groups is 3. The van der Waals surface area contributed by atoms with Crippen LogP contribution in [0, 0.1) is 5.41 Å². The summed E-state index contributed by atoms with van der Waals surface area (Å²) < 4.78 is 1.74. The van der Waals surface area contributed by atoms with Crippen LogP contribution in [0.4, 0.5) is 5.82 Å². The van der Waals surface area contributed by atoms with E-state index >= 15 is 0 Å². The average Bonchev–Trinajstić information content (AvgIpc) is 3.15. The molecule has 2 fully saturated rings. The van der Waals surface area contributed by atoms with Gasteiger partial charge in [0.2, 0.25) is 0 Å². The predicted octanol–water partition coefficient (Wildman–Crippen LogP) is -0.394. The van der Waals surface area contributed by atoms with Crippen molar-refractivity contribution in [3.63, 3.8) is 0 Å². The fourth-order valence-electron chi connectivity index (χ4n) is 4.22. The Hall–Kier alpha value is -1.77. The van der Waals surface area contributed by atoms with Crippen LogP contribution in [-0.4, -0.2) is 53.2 Å². The second-order valence-electron chi connectivity index (χ2n) is 6.43. The lowest BCUT2D eigenvalue weighted by Gasteiger charge is -2.31. The smallest absolute Gasteiger partial charge is 0.165 e. The highest BCUT2D eigenvalue weighted by Gasteiger charge is 2.58. The lowest BCUT2D eigenvalue weighted by molar-refractivity contribution is -0.0693. The molecule has 2 aromatic heterocycles. The largest absolute Gasteiger partial charge is 0.392 e. The quantitative estimate of drug-likeness (QED) is 0.564. The number of anilines is 1. The maximum absolute atomic E-state index is 10.5. The van der Waals surface area contributed by atoms with Gasteiger partial charge in [-0.05, 0) is 19.3 Å². The summed E-state index contributed by atoms with van der Waals surface area (Å²) >= 11 is 0. The number of rotatable bonds is 1. The number of nitrogen functional groups attached to an aromatic ring is 1. The van der Waals surface area contributed by atoms with E-state index in [1.54, 1.807) is 10.9 Å². The molecule has 2 heterocycles. The van der Waals surface area contributed by atoms with Gasteiger partial charge in [-0.3, -0.25) is 0 Å². The van der Waals surface area contributed by atoms with Crippen LogP contribution < -0.4 is 5.73 Å². The van der Waals surface area contributed by atoms with E-state index in [0.717, 1.165) is 6.42 Å². The van der Waals surface area contributed by atoms with E-state index in [2.05, 4.69) is 15.0 Å². The maximum atomic E-state index is 10.5. The third-order valence-electron chi connectivity index (χ3n) is 5.42. The highest BCUT2D eigenvalue weighted by Crippen LogP contribution is 2.54. The van der Waals surface area contributed by atoms with E-state index in [0.29, 0.717) is 30.4 Å². The van der Waals surface area contributed by atoms with Crippen LogP contribution in [0.25, 0.3) is 11.2 Å². The van der Waals surface area contributed by atoms with Crippen molar-refractivity contribution in [3.05, 3.63) is 12.7 Å². The summed E-state index contributed by atoms with van der Waals surface area (Å²) in [5.41, 5.74) is 6.17. The van der Waals surface area contributed by atoms with E-state index in [-0.39, 0.29) is 11.9 Å². The Bertz CT molecular complexity index is 720. The number of aliphatic hydroxyl groups excluding tert-OH is 3. The molecule has 0 amide bonds. The zero-order chi connectivity index (χ0) is 15.5. The average molecular weight is 305 g/mol. The first-order valence-electron chi connectivity index (χ1n) is 7.52. The fraction of sp³-hybridized carbons (Fsp3) is 0.643. The van der Waals surface area contributed by atoms with Crippen molar-refractivity contribution >= 4 is 17.0 Å². The molecule has 0 aliphatic heterocycles. The molecule has 5 N–H and O–H groups in total. The van der Waals surface area contributed by atoms with Crippen molar-refractivity contribution in [2.75, 3.05) is 5.73 Å². The number of nitrogens with two attached hydrogens (primary N) is 1. The molecule has 1 spiro atoms. The third kappa shape index (κ3) is 1.65. The predicted molar refractivity (Wildman–Crippen MR) is 77.7 cm³/mol. The van der Waals surface area contributed by atoms with Crippen LogP contribution in [0.3, 0.4) is 0 Å². The summed E-state index contributed by atoms with van der Waals surface area (Å²) in [4.78, 5) is 12.3. The minimum Gasteiger partial charge on any atom is -0.392 e. The molecule has 0 saturated heterocycles. The van der Waals surface area contributed by atoms with Gasteiger partial charge in [0.15, 0.2) is 11.5 Å². The Morgan fingerprint density at radius 3 is 2.77 bits per heavy atom. The lowest BCUT2D eigenvalue weighted by Crippen LogP contribution is -2.41. The lowest BCUT2D eigenvalue weighted by atomic mass is 9.80. The first-order valence-corrected chi connectivity index (χ1v) is 7.52. The monoisotopic (exact) mass is 305 g/mol. The molecule has 4 rings (SSSR count). The number of fused-ring (bicyclic) bond motifs is 1. The molecule has 118 valence electrons. The molecule has 2 saturated carbocycles. The van der Waals surface area contributed by atoms with Crippen LogP contribution in [0.15, 0.2) is 12.7 Å². The van der Waals surface area contributed by atoms with E-state index in [4.69, 9.17) is 5.73 Å². The van der Waals surface area contributed by atoms with Gasteiger partial charge in [0, 0.05) is 5.41 Å². The number of hydrogen-bond acceptors (Lipinski definition) is 7. The van der Waals surface area contributed by atoms with E-state index in [1.807, 2.05) is 0 Å². The van der Waals surface area contributed by atoms with Crippen LogP contribution >= 0.6 is 0 Å². The van der Waals surface area contributed by atoms with Gasteiger partial charge in [-0.15, -0.1) is 0 Å². The molecule has 0 aromatic carbocycles. The van der Waals surface area contributed by atoms with E-state index in [1.165, 1.54) is 6.33 Å². The molecule has 22 heavy (non-hydrogen) atoms. The van der Waals surface area contributed by atoms with Crippen LogP contribution in [-0.2, 0) is 0 Å². The Balaban J connectivity index is 1.78. The highest BCUT2D eigenvalue weighted by molar-refractivity contribution is 5.81. The van der Waals surface area contributed by atoms with Gasteiger partial charge in [-0.25, -0.2) is 15.0 Å². The molecule has 0 radical (unpaired) electrons. The Labute approximate surface area is 126 Å². The Morgan fingerprint density at radius 1 is 1.23 bits per heavy atom. The molecule has 0 bridgehead atoms. The first-order chi connectivity index (χ1) is 10.5. The molecule has 2 aliphatic carbocycles. The molecular weight excluding hydrogens is 286 g/mol. The van der Waals surface area contributed by atoms with E-state index < -0.39 is 23.7 Å². The van der Waals surface area contributed by atoms with Gasteiger partial charge < -0.3 is 25.6 Å². The summed E-state index contributed by atoms with van der Waals surface area (Å²) in [6, 6.07) is -0.387. The summed E-state index contributed by atoms with van der Waals surface area (Å²) in [5.74, 6) is 0.285. The molecular formula is C14H19N5O3. The minimum atomic E-state index is -0.971. The SMILES string of the molecule is Nc1ncnc2c1ncn2[C@@H]1C[C@@]2(CCC[C@H]2O)[C@@H](O)[C@H]1O. The van der Waals surface area contributed by atoms with Crippen molar-refractivity contribution in [1.82, 2.24) is 19.5 Å². The normalized spacial score (nSPS) is 38.3. The van der Waals surface area contributed by atoms with Gasteiger partial charge >= 0.3 is 0 Å². The van der Waals surface area contributed by atoms with Crippen molar-refractivity contribution in [2.45, 2.75) is 50.0 Å². The standard InChI is InChI=1S/C14H19N5O3/c15-12-9-13(17-5-16-12)19(6-18-9)7-4-14(11(22)10(7)21)3-1-2-8(14)20/h5-8,10-11,20-22H,1-4H2,(H2,15,16,17)/t7-,8-,10+,11+,14-/m1/s1. The molecule has 8 nitrogen and oxygen atoms in total. The van der Waals surface area contributed by atoms with Crippen molar-refractivity contribution in [2.24, 2.45) is 5.41 Å². The highest BCUT2D eigenvalue weighted by atomic mass is 16.3. The zero-order valence-corrected chi connectivity index (χ0v) is 12.0. The molecule has 8 heteroatoms. The van der Waals surface area contributed by atoms with Gasteiger partial charge in [-0.1, -0.05) is 6.42 Å². The molecule has 0 unspecified atom stereocenters. The van der Waals surface area contributed by atoms with Gasteiger partial charge in [0.1, 0.15) is 17.9 Å². The number of aromatic nitrogens is 4. The van der Waals surface area contributed by atoms with Crippen molar-refractivity contribution < 1.29 is 15.3 Å². The van der Waals surface area contributed by atoms with Crippen LogP contribution in [0.1, 0.15) is 31.7 Å². The first kappa shape index (κ1) is 13.9. The van der Waals surface area contributed by atoms with E-state index in [9.17, 15) is 15.3 Å². The van der Waals surface area contributed by atoms with Gasteiger partial charge in [0.25, 0.3) is 0 Å². The van der Waals surface area contributed by atoms with Crippen molar-refractivity contribution in [1.29, 1.82) is 0 Å². The third-order valence-corrected chi connectivity index (χ3v) is 5.42. The van der Waals surface area contributed by atoms with Gasteiger partial charge in [0.05, 0.1) is 24.6 Å². The second kappa shape index (κ2) is 4.61. The molecule has 2 aliphatic rings. The number of hydrogen-bond donors (Lipinski definition) is 4. The fourth-order valence-corrected chi connectivity index (χ4v) is 4.22. The summed E-state index contributed by atoms with van der Waals surface area (Å²) in [5, 5.41) is 31.3. The van der Waals surface area contributed by atoms with Gasteiger partial charge in [-0.2, -0.15) is 0 Å². The number of imidazole rings is 1. The summed E-state index contributed by atoms with van der Waals surface area (Å²) in [6.07, 6.45) is 3.14. The maximum Gasteiger partial charge on any atom is 0.165 e. The molecule has 5 atom stereocenters. The zero-order valence-electron chi connectivity index (χ0n) is 12.0. The second-order valence-corrected chi connectivity index (χ2v) is 6.43. The number of nitrogens with zero attached hydrogens (tertiary/aromatic N) is 4. The Morgan fingerprint density at radius 2 is 2.05 bits per heavy atom.